The van der Waals surface area contributed by atoms with Gasteiger partial charge in [-0.1, -0.05) is 13.3 Å². The van der Waals surface area contributed by atoms with Gasteiger partial charge in [-0.25, -0.2) is 15.0 Å². The SMILES string of the molecule is CCCCc1nc2sc3c(SC[C@@H](O)CO)ncnc3c2c2c1CCC2. The summed E-state index contributed by atoms with van der Waals surface area (Å²) in [4.78, 5) is 15.1. The first-order chi connectivity index (χ1) is 12.7. The third-order valence-electron chi connectivity index (χ3n) is 4.92. The summed E-state index contributed by atoms with van der Waals surface area (Å²) in [7, 11) is 0. The zero-order chi connectivity index (χ0) is 18.1. The Bertz CT molecular complexity index is 942. The Kier molecular flexibility index (Phi) is 5.40. The van der Waals surface area contributed by atoms with Crippen molar-refractivity contribution in [3.05, 3.63) is 23.1 Å². The van der Waals surface area contributed by atoms with Gasteiger partial charge >= 0.3 is 0 Å². The summed E-state index contributed by atoms with van der Waals surface area (Å²) >= 11 is 3.13. The number of fused-ring (bicyclic) bond motifs is 5. The van der Waals surface area contributed by atoms with Crippen LogP contribution in [0.4, 0.5) is 0 Å². The van der Waals surface area contributed by atoms with Crippen LogP contribution in [0.1, 0.15) is 43.0 Å². The van der Waals surface area contributed by atoms with Crippen LogP contribution < -0.4 is 0 Å². The summed E-state index contributed by atoms with van der Waals surface area (Å²) in [5, 5.41) is 20.8. The minimum atomic E-state index is -0.734. The maximum Gasteiger partial charge on any atom is 0.126 e. The molecule has 0 aliphatic heterocycles. The Balaban J connectivity index is 1.83. The van der Waals surface area contributed by atoms with Crippen molar-refractivity contribution in [1.82, 2.24) is 15.0 Å². The number of hydrogen-bond acceptors (Lipinski definition) is 7. The number of rotatable bonds is 7. The second-order valence-corrected chi connectivity index (χ2v) is 8.77. The van der Waals surface area contributed by atoms with Gasteiger partial charge in [-0.3, -0.25) is 0 Å². The van der Waals surface area contributed by atoms with Crippen LogP contribution in [-0.2, 0) is 19.3 Å². The van der Waals surface area contributed by atoms with E-state index in [1.165, 1.54) is 53.2 Å². The number of hydrogen-bond donors (Lipinski definition) is 2. The lowest BCUT2D eigenvalue weighted by atomic mass is 10.0. The third-order valence-corrected chi connectivity index (χ3v) is 7.26. The van der Waals surface area contributed by atoms with E-state index in [0.717, 1.165) is 39.3 Å². The molecule has 5 nitrogen and oxygen atoms in total. The van der Waals surface area contributed by atoms with E-state index in [4.69, 9.17) is 10.1 Å². The van der Waals surface area contributed by atoms with Gasteiger partial charge in [-0.05, 0) is 43.2 Å². The zero-order valence-corrected chi connectivity index (χ0v) is 16.5. The molecule has 1 aliphatic carbocycles. The van der Waals surface area contributed by atoms with Gasteiger partial charge in [-0.2, -0.15) is 0 Å². The van der Waals surface area contributed by atoms with Crippen molar-refractivity contribution in [1.29, 1.82) is 0 Å². The van der Waals surface area contributed by atoms with Crippen molar-refractivity contribution in [3.63, 3.8) is 0 Å². The first-order valence-corrected chi connectivity index (χ1v) is 11.0. The van der Waals surface area contributed by atoms with E-state index in [0.29, 0.717) is 5.75 Å². The summed E-state index contributed by atoms with van der Waals surface area (Å²) in [5.41, 5.74) is 5.16. The lowest BCUT2D eigenvalue weighted by molar-refractivity contribution is 0.113. The van der Waals surface area contributed by atoms with Gasteiger partial charge < -0.3 is 10.2 Å². The van der Waals surface area contributed by atoms with Gasteiger partial charge in [0.05, 0.1) is 22.9 Å². The minimum Gasteiger partial charge on any atom is -0.394 e. The van der Waals surface area contributed by atoms with Gasteiger partial charge in [0.1, 0.15) is 16.2 Å². The molecule has 3 aromatic heterocycles. The highest BCUT2D eigenvalue weighted by Crippen LogP contribution is 2.42. The standard InChI is InChI=1S/C19H23N3O2S2/c1-2-3-7-14-12-5-4-6-13(12)15-16-17(26-18(15)22-14)19(21-10-20-16)25-9-11(24)8-23/h10-11,23-24H,2-9H2,1H3/t11-/m0/s1. The number of aromatic nitrogens is 3. The van der Waals surface area contributed by atoms with Gasteiger partial charge in [0.15, 0.2) is 0 Å². The highest BCUT2D eigenvalue weighted by Gasteiger charge is 2.24. The lowest BCUT2D eigenvalue weighted by Gasteiger charge is -2.08. The molecule has 138 valence electrons. The number of nitrogens with zero attached hydrogens (tertiary/aromatic N) is 3. The summed E-state index contributed by atoms with van der Waals surface area (Å²) in [6.07, 6.45) is 7.72. The topological polar surface area (TPSA) is 79.1 Å². The van der Waals surface area contributed by atoms with Crippen molar-refractivity contribution in [2.24, 2.45) is 0 Å². The van der Waals surface area contributed by atoms with E-state index in [2.05, 4.69) is 16.9 Å². The molecule has 3 aromatic rings. The zero-order valence-electron chi connectivity index (χ0n) is 14.9. The van der Waals surface area contributed by atoms with Crippen molar-refractivity contribution < 1.29 is 10.2 Å². The average Bonchev–Trinajstić information content (AvgIpc) is 3.28. The Morgan fingerprint density at radius 3 is 2.92 bits per heavy atom. The van der Waals surface area contributed by atoms with Crippen LogP contribution in [0.25, 0.3) is 20.4 Å². The average molecular weight is 390 g/mol. The molecule has 1 atom stereocenters. The molecule has 0 spiro atoms. The smallest absolute Gasteiger partial charge is 0.126 e. The normalized spacial score (nSPS) is 15.0. The summed E-state index contributed by atoms with van der Waals surface area (Å²) in [6.45, 7) is 1.99. The fraction of sp³-hybridized carbons (Fsp3) is 0.526. The Hall–Kier alpha value is -1.28. The molecule has 0 aromatic carbocycles. The van der Waals surface area contributed by atoms with Crippen molar-refractivity contribution in [2.45, 2.75) is 56.6 Å². The molecule has 7 heteroatoms. The second-order valence-electron chi connectivity index (χ2n) is 6.76. The van der Waals surface area contributed by atoms with Crippen molar-refractivity contribution >= 4 is 43.5 Å². The third kappa shape index (κ3) is 3.22. The van der Waals surface area contributed by atoms with Crippen LogP contribution in [0, 0.1) is 0 Å². The molecule has 0 bridgehead atoms. The Morgan fingerprint density at radius 1 is 1.27 bits per heavy atom. The number of unbranched alkanes of at least 4 members (excludes halogenated alkanes) is 1. The van der Waals surface area contributed by atoms with Crippen LogP contribution in [-0.4, -0.2) is 43.6 Å². The van der Waals surface area contributed by atoms with E-state index in [1.807, 2.05) is 0 Å². The molecule has 26 heavy (non-hydrogen) atoms. The predicted molar refractivity (Wildman–Crippen MR) is 107 cm³/mol. The van der Waals surface area contributed by atoms with Crippen LogP contribution in [0.5, 0.6) is 0 Å². The molecule has 2 N–H and O–H groups in total. The number of pyridine rings is 1. The van der Waals surface area contributed by atoms with E-state index in [9.17, 15) is 5.11 Å². The summed E-state index contributed by atoms with van der Waals surface area (Å²) < 4.78 is 1.05. The highest BCUT2D eigenvalue weighted by molar-refractivity contribution is 7.99. The number of aliphatic hydroxyl groups is 2. The first-order valence-electron chi connectivity index (χ1n) is 9.22. The first kappa shape index (κ1) is 18.1. The number of aryl methyl sites for hydroxylation is 2. The van der Waals surface area contributed by atoms with Crippen LogP contribution in [0.15, 0.2) is 11.4 Å². The van der Waals surface area contributed by atoms with Crippen LogP contribution in [0.3, 0.4) is 0 Å². The minimum absolute atomic E-state index is 0.233. The fourth-order valence-electron chi connectivity index (χ4n) is 3.64. The molecule has 3 heterocycles. The van der Waals surface area contributed by atoms with Crippen molar-refractivity contribution in [3.8, 4) is 0 Å². The molecule has 1 aliphatic rings. The fourth-order valence-corrected chi connectivity index (χ4v) is 5.81. The summed E-state index contributed by atoms with van der Waals surface area (Å²) in [6, 6.07) is 0. The predicted octanol–water partition coefficient (Wildman–Crippen LogP) is 3.52. The highest BCUT2D eigenvalue weighted by atomic mass is 32.2. The van der Waals surface area contributed by atoms with E-state index in [-0.39, 0.29) is 6.61 Å². The molecular formula is C19H23N3O2S2. The van der Waals surface area contributed by atoms with Gasteiger partial charge in [0.25, 0.3) is 0 Å². The van der Waals surface area contributed by atoms with Crippen LogP contribution >= 0.6 is 23.1 Å². The molecule has 0 unspecified atom stereocenters. The van der Waals surface area contributed by atoms with Gasteiger partial charge in [-0.15, -0.1) is 23.1 Å². The lowest BCUT2D eigenvalue weighted by Crippen LogP contribution is -2.14. The maximum absolute atomic E-state index is 9.65. The van der Waals surface area contributed by atoms with E-state index in [1.54, 1.807) is 17.7 Å². The molecule has 0 radical (unpaired) electrons. The van der Waals surface area contributed by atoms with Crippen molar-refractivity contribution in [2.75, 3.05) is 12.4 Å². The van der Waals surface area contributed by atoms with Gasteiger partial charge in [0.2, 0.25) is 0 Å². The largest absolute Gasteiger partial charge is 0.394 e. The Labute approximate surface area is 160 Å². The number of thiophene rings is 1. The molecule has 0 saturated carbocycles. The summed E-state index contributed by atoms with van der Waals surface area (Å²) in [5.74, 6) is 0.421. The van der Waals surface area contributed by atoms with Gasteiger partial charge in [0, 0.05) is 16.8 Å². The second kappa shape index (κ2) is 7.76. The van der Waals surface area contributed by atoms with E-state index < -0.39 is 6.10 Å². The molecule has 0 saturated heterocycles. The molecular weight excluding hydrogens is 366 g/mol. The monoisotopic (exact) mass is 389 g/mol. The number of thioether (sulfide) groups is 1. The van der Waals surface area contributed by atoms with E-state index >= 15 is 0 Å². The molecule has 4 rings (SSSR count). The quantitative estimate of drug-likeness (QED) is 0.475. The molecule has 0 amide bonds. The molecule has 0 fully saturated rings. The maximum atomic E-state index is 9.65. The Morgan fingerprint density at radius 2 is 2.12 bits per heavy atom. The number of aliphatic hydroxyl groups excluding tert-OH is 2. The van der Waals surface area contributed by atoms with Crippen LogP contribution in [0.2, 0.25) is 0 Å².